The van der Waals surface area contributed by atoms with Crippen molar-refractivity contribution in [2.75, 3.05) is 6.54 Å². The first-order valence-electron chi connectivity index (χ1n) is 7.37. The monoisotopic (exact) mass is 420 g/mol. The molecule has 2 rings (SSSR count). The normalized spacial score (nSPS) is 10.5. The summed E-state index contributed by atoms with van der Waals surface area (Å²) < 4.78 is 0. The van der Waals surface area contributed by atoms with Crippen molar-refractivity contribution in [2.45, 2.75) is 19.9 Å². The maximum Gasteiger partial charge on any atom is 0.188 e. The summed E-state index contributed by atoms with van der Waals surface area (Å²) in [6.07, 6.45) is 1.02. The summed E-state index contributed by atoms with van der Waals surface area (Å²) in [5.41, 5.74) is 9.51. The zero-order chi connectivity index (χ0) is 15.8. The number of hydrogen-bond donors (Lipinski definition) is 2. The van der Waals surface area contributed by atoms with Gasteiger partial charge in [-0.1, -0.05) is 49.4 Å². The summed E-state index contributed by atoms with van der Waals surface area (Å²) in [6, 6.07) is 17.9. The molecular formula is C18H21IN4. The number of rotatable bonds is 5. The fourth-order valence-electron chi connectivity index (χ4n) is 2.11. The van der Waals surface area contributed by atoms with E-state index in [0.717, 1.165) is 29.7 Å². The first-order valence-corrected chi connectivity index (χ1v) is 7.37. The van der Waals surface area contributed by atoms with Gasteiger partial charge in [0.15, 0.2) is 5.96 Å². The lowest BCUT2D eigenvalue weighted by Gasteiger charge is -2.06. The Morgan fingerprint density at radius 3 is 2.52 bits per heavy atom. The van der Waals surface area contributed by atoms with Crippen LogP contribution >= 0.6 is 24.0 Å². The fraction of sp³-hybridized carbons (Fsp3) is 0.222. The van der Waals surface area contributed by atoms with Gasteiger partial charge in [0.25, 0.3) is 0 Å². The van der Waals surface area contributed by atoms with Gasteiger partial charge in [0.05, 0.1) is 18.2 Å². The third-order valence-electron chi connectivity index (χ3n) is 3.30. The van der Waals surface area contributed by atoms with E-state index in [4.69, 9.17) is 11.0 Å². The molecule has 0 amide bonds. The Labute approximate surface area is 154 Å². The van der Waals surface area contributed by atoms with Crippen LogP contribution in [0.2, 0.25) is 0 Å². The zero-order valence-electron chi connectivity index (χ0n) is 13.1. The Bertz CT molecular complexity index is 687. The summed E-state index contributed by atoms with van der Waals surface area (Å²) in [6.45, 7) is 3.46. The Morgan fingerprint density at radius 1 is 1.17 bits per heavy atom. The lowest BCUT2D eigenvalue weighted by molar-refractivity contribution is 0.825. The SMILES string of the molecule is CCCNC(N)=NCc1ccc(-c2ccccc2C#N)cc1.I. The Kier molecular flexibility index (Phi) is 8.13. The molecule has 0 spiro atoms. The molecule has 4 nitrogen and oxygen atoms in total. The van der Waals surface area contributed by atoms with E-state index in [2.05, 4.69) is 23.3 Å². The molecule has 0 saturated heterocycles. The highest BCUT2D eigenvalue weighted by Crippen LogP contribution is 2.23. The van der Waals surface area contributed by atoms with Crippen LogP contribution < -0.4 is 11.1 Å². The molecule has 0 heterocycles. The number of aliphatic imine (C=N–C) groups is 1. The summed E-state index contributed by atoms with van der Waals surface area (Å²) in [5.74, 6) is 0.473. The van der Waals surface area contributed by atoms with E-state index in [9.17, 15) is 0 Å². The molecule has 3 N–H and O–H groups in total. The van der Waals surface area contributed by atoms with E-state index in [1.54, 1.807) is 0 Å². The van der Waals surface area contributed by atoms with Gasteiger partial charge in [-0.3, -0.25) is 0 Å². The lowest BCUT2D eigenvalue weighted by atomic mass is 9.99. The number of nitrogens with one attached hydrogen (secondary N) is 1. The molecule has 0 unspecified atom stereocenters. The maximum absolute atomic E-state index is 9.16. The smallest absolute Gasteiger partial charge is 0.188 e. The van der Waals surface area contributed by atoms with Crippen molar-refractivity contribution in [3.63, 3.8) is 0 Å². The highest BCUT2D eigenvalue weighted by atomic mass is 127. The molecule has 0 fully saturated rings. The molecular weight excluding hydrogens is 399 g/mol. The lowest BCUT2D eigenvalue weighted by Crippen LogP contribution is -2.32. The van der Waals surface area contributed by atoms with E-state index >= 15 is 0 Å². The summed E-state index contributed by atoms with van der Waals surface area (Å²) in [7, 11) is 0. The van der Waals surface area contributed by atoms with Gasteiger partial charge >= 0.3 is 0 Å². The molecule has 0 atom stereocenters. The molecule has 5 heteroatoms. The summed E-state index contributed by atoms with van der Waals surface area (Å²) in [5, 5.41) is 12.2. The van der Waals surface area contributed by atoms with Crippen LogP contribution in [-0.2, 0) is 6.54 Å². The number of nitriles is 1. The van der Waals surface area contributed by atoms with Crippen LogP contribution in [0.1, 0.15) is 24.5 Å². The van der Waals surface area contributed by atoms with Crippen molar-refractivity contribution >= 4 is 29.9 Å². The average molecular weight is 420 g/mol. The molecule has 0 bridgehead atoms. The third kappa shape index (κ3) is 5.57. The molecule has 23 heavy (non-hydrogen) atoms. The summed E-state index contributed by atoms with van der Waals surface area (Å²) in [4.78, 5) is 4.30. The van der Waals surface area contributed by atoms with Crippen LogP contribution in [0.4, 0.5) is 0 Å². The largest absolute Gasteiger partial charge is 0.370 e. The molecule has 0 radical (unpaired) electrons. The highest BCUT2D eigenvalue weighted by molar-refractivity contribution is 14.0. The van der Waals surface area contributed by atoms with Crippen LogP contribution in [-0.4, -0.2) is 12.5 Å². The number of guanidine groups is 1. The number of benzene rings is 2. The minimum Gasteiger partial charge on any atom is -0.370 e. The molecule has 0 aliphatic heterocycles. The van der Waals surface area contributed by atoms with Gasteiger partial charge in [0.1, 0.15) is 0 Å². The van der Waals surface area contributed by atoms with Crippen molar-refractivity contribution in [1.82, 2.24) is 5.32 Å². The van der Waals surface area contributed by atoms with Crippen LogP contribution in [0.5, 0.6) is 0 Å². The second kappa shape index (κ2) is 9.85. The predicted octanol–water partition coefficient (Wildman–Crippen LogP) is 3.66. The van der Waals surface area contributed by atoms with Crippen molar-refractivity contribution in [2.24, 2.45) is 10.7 Å². The molecule has 0 aliphatic carbocycles. The van der Waals surface area contributed by atoms with Gasteiger partial charge < -0.3 is 11.1 Å². The van der Waals surface area contributed by atoms with Crippen LogP contribution in [0.15, 0.2) is 53.5 Å². The Balaban J connectivity index is 0.00000264. The molecule has 0 saturated carbocycles. The highest BCUT2D eigenvalue weighted by Gasteiger charge is 2.03. The maximum atomic E-state index is 9.16. The van der Waals surface area contributed by atoms with Crippen molar-refractivity contribution in [3.8, 4) is 17.2 Å². The topological polar surface area (TPSA) is 74.2 Å². The number of hydrogen-bond acceptors (Lipinski definition) is 2. The Hall–Kier alpha value is -2.07. The molecule has 2 aromatic carbocycles. The van der Waals surface area contributed by atoms with E-state index in [1.165, 1.54) is 0 Å². The number of nitrogens with two attached hydrogens (primary N) is 1. The second-order valence-electron chi connectivity index (χ2n) is 4.98. The fourth-order valence-corrected chi connectivity index (χ4v) is 2.11. The number of halogens is 1. The van der Waals surface area contributed by atoms with Gasteiger partial charge in [-0.15, -0.1) is 24.0 Å². The van der Waals surface area contributed by atoms with Crippen LogP contribution in [0.3, 0.4) is 0 Å². The van der Waals surface area contributed by atoms with Crippen LogP contribution in [0, 0.1) is 11.3 Å². The van der Waals surface area contributed by atoms with Gasteiger partial charge in [-0.25, -0.2) is 4.99 Å². The summed E-state index contributed by atoms with van der Waals surface area (Å²) >= 11 is 0. The van der Waals surface area contributed by atoms with Gasteiger partial charge in [0.2, 0.25) is 0 Å². The first-order chi connectivity index (χ1) is 10.7. The quantitative estimate of drug-likeness (QED) is 0.441. The van der Waals surface area contributed by atoms with E-state index < -0.39 is 0 Å². The Morgan fingerprint density at radius 2 is 1.87 bits per heavy atom. The van der Waals surface area contributed by atoms with E-state index in [-0.39, 0.29) is 24.0 Å². The molecule has 0 aliphatic rings. The first kappa shape index (κ1) is 19.0. The van der Waals surface area contributed by atoms with Gasteiger partial charge in [0, 0.05) is 6.54 Å². The molecule has 2 aromatic rings. The second-order valence-corrected chi connectivity index (χ2v) is 4.98. The molecule has 120 valence electrons. The van der Waals surface area contributed by atoms with E-state index in [0.29, 0.717) is 18.1 Å². The molecule has 0 aromatic heterocycles. The van der Waals surface area contributed by atoms with Crippen molar-refractivity contribution in [1.29, 1.82) is 5.26 Å². The number of nitrogens with zero attached hydrogens (tertiary/aromatic N) is 2. The zero-order valence-corrected chi connectivity index (χ0v) is 15.5. The van der Waals surface area contributed by atoms with Crippen molar-refractivity contribution < 1.29 is 0 Å². The van der Waals surface area contributed by atoms with Crippen LogP contribution in [0.25, 0.3) is 11.1 Å². The average Bonchev–Trinajstić information content (AvgIpc) is 2.58. The predicted molar refractivity (Wildman–Crippen MR) is 106 cm³/mol. The van der Waals surface area contributed by atoms with Gasteiger partial charge in [-0.2, -0.15) is 5.26 Å². The van der Waals surface area contributed by atoms with E-state index in [1.807, 2.05) is 48.5 Å². The minimum atomic E-state index is 0. The van der Waals surface area contributed by atoms with Gasteiger partial charge in [-0.05, 0) is 29.2 Å². The third-order valence-corrected chi connectivity index (χ3v) is 3.30. The van der Waals surface area contributed by atoms with Crippen molar-refractivity contribution in [3.05, 3.63) is 59.7 Å². The minimum absolute atomic E-state index is 0. The standard InChI is InChI=1S/C18H20N4.HI/c1-2-11-21-18(20)22-13-14-7-9-15(10-8-14)17-6-4-3-5-16(17)12-19;/h3-10H,2,11,13H2,1H3,(H3,20,21,22);1H.